The fourth-order valence-corrected chi connectivity index (χ4v) is 1.33. The van der Waals surface area contributed by atoms with Crippen molar-refractivity contribution in [1.29, 1.82) is 0 Å². The average molecular weight is 197 g/mol. The van der Waals surface area contributed by atoms with Gasteiger partial charge in [-0.3, -0.25) is 0 Å². The Labute approximate surface area is 83.2 Å². The van der Waals surface area contributed by atoms with Gasteiger partial charge in [-0.2, -0.15) is 0 Å². The van der Waals surface area contributed by atoms with E-state index in [4.69, 9.17) is 10.6 Å². The summed E-state index contributed by atoms with van der Waals surface area (Å²) >= 11 is 0. The molecular weight excluding hydrogens is 182 g/mol. The van der Waals surface area contributed by atoms with Crippen LogP contribution in [-0.4, -0.2) is 18.8 Å². The van der Waals surface area contributed by atoms with Crippen LogP contribution in [0.4, 0.5) is 0 Å². The van der Waals surface area contributed by atoms with Gasteiger partial charge in [0, 0.05) is 12.0 Å². The Morgan fingerprint density at radius 3 is 2.71 bits per heavy atom. The molecule has 0 aliphatic carbocycles. The molecule has 0 radical (unpaired) electrons. The summed E-state index contributed by atoms with van der Waals surface area (Å²) in [6, 6.07) is 3.67. The molecule has 0 atom stereocenters. The Morgan fingerprint density at radius 2 is 2.14 bits per heavy atom. The Balaban J connectivity index is 2.96. The third-order valence-electron chi connectivity index (χ3n) is 2.01. The molecule has 3 N–H and O–H groups in total. The van der Waals surface area contributed by atoms with Crippen molar-refractivity contribution >= 4 is 0 Å². The summed E-state index contributed by atoms with van der Waals surface area (Å²) in [7, 11) is 1.53. The zero-order valence-corrected chi connectivity index (χ0v) is 8.41. The molecular formula is C10H15NO3. The summed E-state index contributed by atoms with van der Waals surface area (Å²) in [6.07, 6.45) is 0.570. The van der Waals surface area contributed by atoms with Crippen LogP contribution in [-0.2, 0) is 11.3 Å². The van der Waals surface area contributed by atoms with Crippen molar-refractivity contribution in [2.75, 3.05) is 13.7 Å². The molecule has 4 heteroatoms. The van der Waals surface area contributed by atoms with Gasteiger partial charge in [0.25, 0.3) is 0 Å². The molecule has 0 bridgehead atoms. The largest absolute Gasteiger partial charge is 0.504 e. The van der Waals surface area contributed by atoms with E-state index in [2.05, 4.69) is 4.84 Å². The molecule has 0 saturated carbocycles. The van der Waals surface area contributed by atoms with E-state index in [9.17, 15) is 5.11 Å². The number of hydrogen-bond acceptors (Lipinski definition) is 4. The minimum atomic E-state index is 0.162. The van der Waals surface area contributed by atoms with Crippen molar-refractivity contribution in [3.8, 4) is 11.5 Å². The summed E-state index contributed by atoms with van der Waals surface area (Å²) in [5.74, 6) is 5.57. The Morgan fingerprint density at radius 1 is 1.43 bits per heavy atom. The van der Waals surface area contributed by atoms with E-state index in [1.54, 1.807) is 6.07 Å². The van der Waals surface area contributed by atoms with Crippen LogP contribution in [0.2, 0.25) is 0 Å². The van der Waals surface area contributed by atoms with Crippen LogP contribution in [0.5, 0.6) is 11.5 Å². The molecule has 4 nitrogen and oxygen atoms in total. The number of aryl methyl sites for hydroxylation is 1. The molecule has 14 heavy (non-hydrogen) atoms. The lowest BCUT2D eigenvalue weighted by Crippen LogP contribution is -2.04. The topological polar surface area (TPSA) is 64.7 Å². The molecule has 0 amide bonds. The van der Waals surface area contributed by atoms with Crippen molar-refractivity contribution in [1.82, 2.24) is 0 Å². The van der Waals surface area contributed by atoms with Crippen LogP contribution in [0.15, 0.2) is 12.1 Å². The molecule has 0 aromatic heterocycles. The second kappa shape index (κ2) is 4.83. The number of aromatic hydroxyl groups is 1. The van der Waals surface area contributed by atoms with Gasteiger partial charge in [0.15, 0.2) is 11.5 Å². The molecule has 0 fully saturated rings. The van der Waals surface area contributed by atoms with Gasteiger partial charge in [0.2, 0.25) is 0 Å². The van der Waals surface area contributed by atoms with Crippen molar-refractivity contribution in [2.45, 2.75) is 13.3 Å². The van der Waals surface area contributed by atoms with Gasteiger partial charge in [0.05, 0.1) is 13.7 Å². The predicted octanol–water partition coefficient (Wildman–Crippen LogP) is 1.14. The highest BCUT2D eigenvalue weighted by molar-refractivity contribution is 5.48. The van der Waals surface area contributed by atoms with Gasteiger partial charge in [0.1, 0.15) is 0 Å². The number of hydrogen-bond donors (Lipinski definition) is 2. The van der Waals surface area contributed by atoms with E-state index in [0.717, 1.165) is 11.1 Å². The molecule has 0 saturated heterocycles. The first-order valence-electron chi connectivity index (χ1n) is 4.37. The van der Waals surface area contributed by atoms with Gasteiger partial charge in [-0.15, -0.1) is 0 Å². The van der Waals surface area contributed by atoms with E-state index < -0.39 is 0 Å². The molecule has 1 aromatic rings. The lowest BCUT2D eigenvalue weighted by atomic mass is 10.1. The fraction of sp³-hybridized carbons (Fsp3) is 0.400. The van der Waals surface area contributed by atoms with Gasteiger partial charge >= 0.3 is 0 Å². The molecule has 1 aromatic carbocycles. The first kappa shape index (κ1) is 10.8. The minimum Gasteiger partial charge on any atom is -0.504 e. The number of nitrogens with two attached hydrogens (primary N) is 1. The van der Waals surface area contributed by atoms with E-state index in [1.165, 1.54) is 7.11 Å². The monoisotopic (exact) mass is 197 g/mol. The summed E-state index contributed by atoms with van der Waals surface area (Å²) in [5.41, 5.74) is 1.82. The summed E-state index contributed by atoms with van der Waals surface area (Å²) in [6.45, 7) is 2.31. The van der Waals surface area contributed by atoms with E-state index >= 15 is 0 Å². The quantitative estimate of drug-likeness (QED) is 0.710. The average Bonchev–Trinajstić information content (AvgIpc) is 2.18. The van der Waals surface area contributed by atoms with Crippen LogP contribution in [0.1, 0.15) is 11.1 Å². The Kier molecular flexibility index (Phi) is 3.73. The SMILES string of the molecule is COc1cc(C)cc(CCON)c1O. The zero-order chi connectivity index (χ0) is 10.6. The maximum Gasteiger partial charge on any atom is 0.161 e. The second-order valence-electron chi connectivity index (χ2n) is 3.10. The maximum absolute atomic E-state index is 9.72. The van der Waals surface area contributed by atoms with Crippen molar-refractivity contribution < 1.29 is 14.7 Å². The van der Waals surface area contributed by atoms with Crippen molar-refractivity contribution in [2.24, 2.45) is 5.90 Å². The zero-order valence-electron chi connectivity index (χ0n) is 8.41. The van der Waals surface area contributed by atoms with Crippen LogP contribution in [0.3, 0.4) is 0 Å². The van der Waals surface area contributed by atoms with Gasteiger partial charge in [-0.1, -0.05) is 6.07 Å². The first-order chi connectivity index (χ1) is 6.69. The molecule has 0 unspecified atom stereocenters. The number of rotatable bonds is 4. The Bertz CT molecular complexity index is 312. The van der Waals surface area contributed by atoms with Gasteiger partial charge < -0.3 is 14.7 Å². The number of phenolic OH excluding ortho intramolecular Hbond substituents is 1. The van der Waals surface area contributed by atoms with Crippen LogP contribution in [0.25, 0.3) is 0 Å². The van der Waals surface area contributed by atoms with Crippen LogP contribution >= 0.6 is 0 Å². The summed E-state index contributed by atoms with van der Waals surface area (Å²) in [4.78, 5) is 4.46. The third-order valence-corrected chi connectivity index (χ3v) is 2.01. The van der Waals surface area contributed by atoms with E-state index in [1.807, 2.05) is 13.0 Å². The predicted molar refractivity (Wildman–Crippen MR) is 53.2 cm³/mol. The van der Waals surface area contributed by atoms with Gasteiger partial charge in [-0.05, 0) is 18.6 Å². The maximum atomic E-state index is 9.72. The molecule has 0 aliphatic rings. The van der Waals surface area contributed by atoms with E-state index in [-0.39, 0.29) is 5.75 Å². The second-order valence-corrected chi connectivity index (χ2v) is 3.10. The van der Waals surface area contributed by atoms with Crippen molar-refractivity contribution in [3.63, 3.8) is 0 Å². The highest BCUT2D eigenvalue weighted by atomic mass is 16.6. The molecule has 0 spiro atoms. The first-order valence-corrected chi connectivity index (χ1v) is 4.37. The standard InChI is InChI=1S/C10H15NO3/c1-7-5-8(3-4-14-11)10(12)9(6-7)13-2/h5-6,12H,3-4,11H2,1-2H3. The number of phenols is 1. The third kappa shape index (κ3) is 2.37. The van der Waals surface area contributed by atoms with Crippen LogP contribution in [0, 0.1) is 6.92 Å². The summed E-state index contributed by atoms with van der Waals surface area (Å²) in [5, 5.41) is 9.72. The highest BCUT2D eigenvalue weighted by Gasteiger charge is 2.08. The fourth-order valence-electron chi connectivity index (χ4n) is 1.33. The summed E-state index contributed by atoms with van der Waals surface area (Å²) < 4.78 is 5.02. The Hall–Kier alpha value is -1.26. The molecule has 0 heterocycles. The number of benzene rings is 1. The molecule has 78 valence electrons. The van der Waals surface area contributed by atoms with Gasteiger partial charge in [-0.25, -0.2) is 5.90 Å². The number of methoxy groups -OCH3 is 1. The number of ether oxygens (including phenoxy) is 1. The molecule has 1 rings (SSSR count). The van der Waals surface area contributed by atoms with Crippen molar-refractivity contribution in [3.05, 3.63) is 23.3 Å². The molecule has 0 aliphatic heterocycles. The van der Waals surface area contributed by atoms with Crippen LogP contribution < -0.4 is 10.6 Å². The smallest absolute Gasteiger partial charge is 0.161 e. The minimum absolute atomic E-state index is 0.162. The lowest BCUT2D eigenvalue weighted by Gasteiger charge is -2.09. The highest BCUT2D eigenvalue weighted by Crippen LogP contribution is 2.31. The normalized spacial score (nSPS) is 10.2. The lowest BCUT2D eigenvalue weighted by molar-refractivity contribution is 0.140. The van der Waals surface area contributed by atoms with E-state index in [0.29, 0.717) is 18.8 Å².